The molecule has 0 saturated carbocycles. The van der Waals surface area contributed by atoms with Crippen LogP contribution in [0.1, 0.15) is 15.9 Å². The summed E-state index contributed by atoms with van der Waals surface area (Å²) in [6, 6.07) is 14.8. The third-order valence-electron chi connectivity index (χ3n) is 3.51. The SMILES string of the molecule is Cc1cccc(OCC(=O)NNC(=O)c2c[nH]c3ccccc23)c1. The van der Waals surface area contributed by atoms with Crippen molar-refractivity contribution in [3.8, 4) is 5.75 Å². The summed E-state index contributed by atoms with van der Waals surface area (Å²) in [5, 5.41) is 0.792. The fourth-order valence-electron chi connectivity index (χ4n) is 2.34. The van der Waals surface area contributed by atoms with Gasteiger partial charge in [-0.05, 0) is 30.7 Å². The molecule has 2 amide bonds. The van der Waals surface area contributed by atoms with E-state index >= 15 is 0 Å². The lowest BCUT2D eigenvalue weighted by Crippen LogP contribution is -2.43. The van der Waals surface area contributed by atoms with Crippen LogP contribution in [0.5, 0.6) is 5.75 Å². The van der Waals surface area contributed by atoms with Crippen molar-refractivity contribution in [2.45, 2.75) is 6.92 Å². The van der Waals surface area contributed by atoms with Gasteiger partial charge < -0.3 is 9.72 Å². The molecule has 24 heavy (non-hydrogen) atoms. The van der Waals surface area contributed by atoms with Gasteiger partial charge >= 0.3 is 0 Å². The molecule has 0 aliphatic rings. The van der Waals surface area contributed by atoms with Crippen molar-refractivity contribution in [2.75, 3.05) is 6.61 Å². The standard InChI is InChI=1S/C18H17N3O3/c1-12-5-4-6-13(9-12)24-11-17(22)20-21-18(23)15-10-19-16-8-3-2-7-14(15)16/h2-10,19H,11H2,1H3,(H,20,22)(H,21,23). The van der Waals surface area contributed by atoms with E-state index in [9.17, 15) is 9.59 Å². The zero-order chi connectivity index (χ0) is 16.9. The summed E-state index contributed by atoms with van der Waals surface area (Å²) in [4.78, 5) is 26.9. The molecule has 3 N–H and O–H groups in total. The number of carbonyl (C=O) groups is 2. The van der Waals surface area contributed by atoms with Crippen LogP contribution in [0.15, 0.2) is 54.7 Å². The topological polar surface area (TPSA) is 83.2 Å². The number of benzene rings is 2. The predicted molar refractivity (Wildman–Crippen MR) is 90.6 cm³/mol. The first-order chi connectivity index (χ1) is 11.6. The molecule has 1 heterocycles. The highest BCUT2D eigenvalue weighted by Gasteiger charge is 2.12. The number of aromatic nitrogens is 1. The second kappa shape index (κ2) is 6.87. The van der Waals surface area contributed by atoms with Gasteiger partial charge in [0.1, 0.15) is 5.75 Å². The lowest BCUT2D eigenvalue weighted by Gasteiger charge is -2.09. The molecule has 3 aromatic rings. The van der Waals surface area contributed by atoms with Gasteiger partial charge in [-0.3, -0.25) is 20.4 Å². The molecule has 6 nitrogen and oxygen atoms in total. The number of hydrazine groups is 1. The van der Waals surface area contributed by atoms with Gasteiger partial charge in [0.15, 0.2) is 6.61 Å². The summed E-state index contributed by atoms with van der Waals surface area (Å²) < 4.78 is 5.37. The van der Waals surface area contributed by atoms with Crippen molar-refractivity contribution in [3.05, 3.63) is 65.9 Å². The molecule has 0 bridgehead atoms. The zero-order valence-corrected chi connectivity index (χ0v) is 13.1. The molecule has 0 aliphatic heterocycles. The van der Waals surface area contributed by atoms with Crippen LogP contribution in [0.25, 0.3) is 10.9 Å². The van der Waals surface area contributed by atoms with Crippen LogP contribution < -0.4 is 15.6 Å². The van der Waals surface area contributed by atoms with Crippen molar-refractivity contribution >= 4 is 22.7 Å². The summed E-state index contributed by atoms with van der Waals surface area (Å²) >= 11 is 0. The number of nitrogens with one attached hydrogen (secondary N) is 3. The fraction of sp³-hybridized carbons (Fsp3) is 0.111. The highest BCUT2D eigenvalue weighted by molar-refractivity contribution is 6.07. The molecular formula is C18H17N3O3. The summed E-state index contributed by atoms with van der Waals surface area (Å²) in [5.74, 6) is -0.228. The van der Waals surface area contributed by atoms with E-state index in [1.165, 1.54) is 0 Å². The first-order valence-corrected chi connectivity index (χ1v) is 7.48. The second-order valence-corrected chi connectivity index (χ2v) is 5.36. The monoisotopic (exact) mass is 323 g/mol. The fourth-order valence-corrected chi connectivity index (χ4v) is 2.34. The van der Waals surface area contributed by atoms with Gasteiger partial charge in [0.25, 0.3) is 11.8 Å². The summed E-state index contributed by atoms with van der Waals surface area (Å²) in [5.41, 5.74) is 7.09. The summed E-state index contributed by atoms with van der Waals surface area (Å²) in [6.45, 7) is 1.76. The molecule has 0 fully saturated rings. The van der Waals surface area contributed by atoms with Crippen LogP contribution in [0.4, 0.5) is 0 Å². The quantitative estimate of drug-likeness (QED) is 0.644. The number of H-pyrrole nitrogens is 1. The zero-order valence-electron chi connectivity index (χ0n) is 13.1. The average molecular weight is 323 g/mol. The van der Waals surface area contributed by atoms with Crippen LogP contribution in [-0.4, -0.2) is 23.4 Å². The minimum atomic E-state index is -0.440. The van der Waals surface area contributed by atoms with Gasteiger partial charge in [0, 0.05) is 17.1 Å². The number of para-hydroxylation sites is 1. The first kappa shape index (κ1) is 15.6. The molecular weight excluding hydrogens is 306 g/mol. The van der Waals surface area contributed by atoms with E-state index in [4.69, 9.17) is 4.74 Å². The molecule has 0 atom stereocenters. The third-order valence-corrected chi connectivity index (χ3v) is 3.51. The van der Waals surface area contributed by atoms with Gasteiger partial charge in [-0.25, -0.2) is 0 Å². The van der Waals surface area contributed by atoms with E-state index in [1.54, 1.807) is 12.3 Å². The number of fused-ring (bicyclic) bond motifs is 1. The number of amides is 2. The number of rotatable bonds is 4. The highest BCUT2D eigenvalue weighted by atomic mass is 16.5. The van der Waals surface area contributed by atoms with Crippen LogP contribution in [-0.2, 0) is 4.79 Å². The van der Waals surface area contributed by atoms with Crippen molar-refractivity contribution in [1.29, 1.82) is 0 Å². The Bertz CT molecular complexity index is 886. The van der Waals surface area contributed by atoms with Gasteiger partial charge in [-0.2, -0.15) is 0 Å². The normalized spacial score (nSPS) is 10.4. The van der Waals surface area contributed by atoms with Crippen molar-refractivity contribution in [1.82, 2.24) is 15.8 Å². The van der Waals surface area contributed by atoms with Crippen LogP contribution in [0.3, 0.4) is 0 Å². The number of hydrogen-bond donors (Lipinski definition) is 3. The minimum absolute atomic E-state index is 0.183. The molecule has 2 aromatic carbocycles. The van der Waals surface area contributed by atoms with E-state index in [0.717, 1.165) is 16.5 Å². The molecule has 122 valence electrons. The molecule has 3 rings (SSSR count). The van der Waals surface area contributed by atoms with Gasteiger partial charge in [-0.15, -0.1) is 0 Å². The van der Waals surface area contributed by atoms with Gasteiger partial charge in [0.05, 0.1) is 5.56 Å². The van der Waals surface area contributed by atoms with Crippen LogP contribution >= 0.6 is 0 Å². The van der Waals surface area contributed by atoms with E-state index in [2.05, 4.69) is 15.8 Å². The van der Waals surface area contributed by atoms with Crippen LogP contribution in [0.2, 0.25) is 0 Å². The number of hydrogen-bond acceptors (Lipinski definition) is 3. The van der Waals surface area contributed by atoms with Crippen LogP contribution in [0, 0.1) is 6.92 Å². The molecule has 0 unspecified atom stereocenters. The van der Waals surface area contributed by atoms with Gasteiger partial charge in [-0.1, -0.05) is 30.3 Å². The van der Waals surface area contributed by atoms with Gasteiger partial charge in [0.2, 0.25) is 0 Å². The molecule has 0 aliphatic carbocycles. The molecule has 1 aromatic heterocycles. The molecule has 0 saturated heterocycles. The Balaban J connectivity index is 1.53. The lowest BCUT2D eigenvalue weighted by atomic mass is 10.2. The van der Waals surface area contributed by atoms with Crippen molar-refractivity contribution < 1.29 is 14.3 Å². The Kier molecular flexibility index (Phi) is 4.47. The third kappa shape index (κ3) is 3.55. The highest BCUT2D eigenvalue weighted by Crippen LogP contribution is 2.17. The maximum Gasteiger partial charge on any atom is 0.276 e. The maximum atomic E-state index is 12.2. The second-order valence-electron chi connectivity index (χ2n) is 5.36. The number of aromatic amines is 1. The minimum Gasteiger partial charge on any atom is -0.484 e. The van der Waals surface area contributed by atoms with Crippen molar-refractivity contribution in [3.63, 3.8) is 0 Å². The Morgan fingerprint density at radius 1 is 1.08 bits per heavy atom. The lowest BCUT2D eigenvalue weighted by molar-refractivity contribution is -0.123. The Morgan fingerprint density at radius 2 is 1.92 bits per heavy atom. The summed E-state index contributed by atoms with van der Waals surface area (Å²) in [7, 11) is 0. The van der Waals surface area contributed by atoms with E-state index < -0.39 is 11.8 Å². The molecule has 0 radical (unpaired) electrons. The number of carbonyl (C=O) groups excluding carboxylic acids is 2. The molecule has 6 heteroatoms. The smallest absolute Gasteiger partial charge is 0.276 e. The van der Waals surface area contributed by atoms with E-state index in [0.29, 0.717) is 11.3 Å². The number of ether oxygens (including phenoxy) is 1. The predicted octanol–water partition coefficient (Wildman–Crippen LogP) is 2.32. The maximum absolute atomic E-state index is 12.2. The Hall–Kier alpha value is -3.28. The largest absolute Gasteiger partial charge is 0.484 e. The first-order valence-electron chi connectivity index (χ1n) is 7.48. The molecule has 0 spiro atoms. The number of aryl methyl sites for hydroxylation is 1. The van der Waals surface area contributed by atoms with Crippen molar-refractivity contribution in [2.24, 2.45) is 0 Å². The summed E-state index contributed by atoms with van der Waals surface area (Å²) in [6.07, 6.45) is 1.61. The Labute approximate surface area is 138 Å². The average Bonchev–Trinajstić information content (AvgIpc) is 3.02. The van der Waals surface area contributed by atoms with E-state index in [-0.39, 0.29) is 6.61 Å². The Morgan fingerprint density at radius 3 is 2.75 bits per heavy atom. The van der Waals surface area contributed by atoms with E-state index in [1.807, 2.05) is 49.4 Å².